The van der Waals surface area contributed by atoms with Gasteiger partial charge in [0.1, 0.15) is 5.75 Å². The van der Waals surface area contributed by atoms with Crippen molar-refractivity contribution in [2.45, 2.75) is 46.0 Å². The summed E-state index contributed by atoms with van der Waals surface area (Å²) in [6.07, 6.45) is -4.35. The van der Waals surface area contributed by atoms with E-state index in [1.807, 2.05) is 26.8 Å². The van der Waals surface area contributed by atoms with Gasteiger partial charge < -0.3 is 19.9 Å². The molecule has 0 bridgehead atoms. The van der Waals surface area contributed by atoms with Crippen LogP contribution in [0.3, 0.4) is 0 Å². The summed E-state index contributed by atoms with van der Waals surface area (Å²) in [5.74, 6) is 1.77. The summed E-state index contributed by atoms with van der Waals surface area (Å²) >= 11 is 0. The van der Waals surface area contributed by atoms with Crippen LogP contribution in [-0.4, -0.2) is 30.4 Å². The average Bonchev–Trinajstić information content (AvgIpc) is 3.12. The quantitative estimate of drug-likeness (QED) is 0.299. The van der Waals surface area contributed by atoms with Crippen LogP contribution in [0.5, 0.6) is 5.75 Å². The van der Waals surface area contributed by atoms with Crippen molar-refractivity contribution in [1.29, 1.82) is 0 Å². The maximum atomic E-state index is 12.2. The lowest BCUT2D eigenvalue weighted by atomic mass is 10.1. The second-order valence-electron chi connectivity index (χ2n) is 6.47. The summed E-state index contributed by atoms with van der Waals surface area (Å²) in [5.41, 5.74) is 1.74. The molecule has 0 saturated heterocycles. The van der Waals surface area contributed by atoms with Gasteiger partial charge in [0.25, 0.3) is 0 Å². The second kappa shape index (κ2) is 11.9. The van der Waals surface area contributed by atoms with Gasteiger partial charge in [-0.3, -0.25) is 0 Å². The molecule has 0 saturated carbocycles. The number of halogens is 4. The number of aliphatic imine (C=N–C) groups is 1. The van der Waals surface area contributed by atoms with Gasteiger partial charge in [0.15, 0.2) is 18.3 Å². The Morgan fingerprint density at radius 2 is 1.90 bits per heavy atom. The molecule has 6 nitrogen and oxygen atoms in total. The third-order valence-electron chi connectivity index (χ3n) is 3.69. The molecule has 0 atom stereocenters. The van der Waals surface area contributed by atoms with E-state index in [9.17, 15) is 13.2 Å². The predicted octanol–water partition coefficient (Wildman–Crippen LogP) is 4.61. The number of guanidine groups is 1. The molecule has 1 aromatic heterocycles. The van der Waals surface area contributed by atoms with Crippen molar-refractivity contribution in [2.75, 3.05) is 13.2 Å². The summed E-state index contributed by atoms with van der Waals surface area (Å²) in [6, 6.07) is 8.27. The summed E-state index contributed by atoms with van der Waals surface area (Å²) in [4.78, 5) is 4.47. The van der Waals surface area contributed by atoms with E-state index in [4.69, 9.17) is 9.26 Å². The minimum atomic E-state index is -4.35. The highest BCUT2D eigenvalue weighted by molar-refractivity contribution is 14.0. The molecule has 0 aliphatic rings. The van der Waals surface area contributed by atoms with E-state index in [2.05, 4.69) is 20.8 Å². The van der Waals surface area contributed by atoms with Crippen LogP contribution in [0, 0.1) is 0 Å². The number of nitrogens with one attached hydrogen (secondary N) is 2. The Labute approximate surface area is 185 Å². The minimum absolute atomic E-state index is 0. The van der Waals surface area contributed by atoms with Crippen molar-refractivity contribution in [3.8, 4) is 5.75 Å². The molecule has 2 aromatic rings. The van der Waals surface area contributed by atoms with Crippen molar-refractivity contribution in [3.05, 3.63) is 47.3 Å². The van der Waals surface area contributed by atoms with E-state index in [1.165, 1.54) is 12.1 Å². The molecule has 1 heterocycles. The molecule has 0 aliphatic heterocycles. The first-order valence-corrected chi connectivity index (χ1v) is 9.03. The van der Waals surface area contributed by atoms with E-state index >= 15 is 0 Å². The summed E-state index contributed by atoms with van der Waals surface area (Å²) < 4.78 is 46.5. The molecule has 0 radical (unpaired) electrons. The number of aromatic nitrogens is 1. The minimum Gasteiger partial charge on any atom is -0.484 e. The first-order chi connectivity index (χ1) is 13.3. The number of ether oxygens (including phenoxy) is 1. The molecule has 10 heteroatoms. The number of hydrogen-bond acceptors (Lipinski definition) is 4. The van der Waals surface area contributed by atoms with Crippen LogP contribution in [0.25, 0.3) is 0 Å². The van der Waals surface area contributed by atoms with Crippen LogP contribution in [0.15, 0.2) is 39.8 Å². The van der Waals surface area contributed by atoms with Gasteiger partial charge in [0.2, 0.25) is 0 Å². The fourth-order valence-electron chi connectivity index (χ4n) is 2.22. The van der Waals surface area contributed by atoms with Gasteiger partial charge in [0.05, 0.1) is 18.8 Å². The lowest BCUT2D eigenvalue weighted by molar-refractivity contribution is -0.153. The van der Waals surface area contributed by atoms with E-state index in [1.54, 1.807) is 12.1 Å². The fraction of sp³-hybridized carbons (Fsp3) is 0.474. The second-order valence-corrected chi connectivity index (χ2v) is 6.47. The highest BCUT2D eigenvalue weighted by Crippen LogP contribution is 2.19. The van der Waals surface area contributed by atoms with Crippen LogP contribution in [0.4, 0.5) is 13.2 Å². The monoisotopic (exact) mass is 526 g/mol. The normalized spacial score (nSPS) is 11.9. The van der Waals surface area contributed by atoms with Crippen LogP contribution < -0.4 is 15.4 Å². The molecule has 0 amide bonds. The molecule has 0 aliphatic carbocycles. The molecule has 2 N–H and O–H groups in total. The Balaban J connectivity index is 0.00000420. The molecule has 162 valence electrons. The van der Waals surface area contributed by atoms with Gasteiger partial charge >= 0.3 is 6.18 Å². The van der Waals surface area contributed by atoms with Gasteiger partial charge in [-0.1, -0.05) is 31.1 Å². The largest absolute Gasteiger partial charge is 0.484 e. The Bertz CT molecular complexity index is 762. The third-order valence-corrected chi connectivity index (χ3v) is 3.69. The van der Waals surface area contributed by atoms with Gasteiger partial charge in [-0.25, -0.2) is 4.99 Å². The molecule has 2 rings (SSSR count). The third kappa shape index (κ3) is 9.37. The smallest absolute Gasteiger partial charge is 0.422 e. The highest BCUT2D eigenvalue weighted by atomic mass is 127. The standard InChI is InChI=1S/C19H25F3N4O2.HI/c1-4-23-18(25-11-16-9-17(13(2)3)26-28-16)24-10-14-5-7-15(8-6-14)27-12-19(20,21)22;/h5-9,13H,4,10-12H2,1-3H3,(H2,23,24,25);1H. The van der Waals surface area contributed by atoms with E-state index in [-0.39, 0.29) is 29.7 Å². The lowest BCUT2D eigenvalue weighted by Gasteiger charge is -2.11. The lowest BCUT2D eigenvalue weighted by Crippen LogP contribution is -2.36. The number of benzene rings is 1. The summed E-state index contributed by atoms with van der Waals surface area (Å²) in [5, 5.41) is 10.3. The van der Waals surface area contributed by atoms with Crippen molar-refractivity contribution in [3.63, 3.8) is 0 Å². The van der Waals surface area contributed by atoms with Gasteiger partial charge in [-0.05, 0) is 30.5 Å². The highest BCUT2D eigenvalue weighted by Gasteiger charge is 2.28. The number of hydrogen-bond donors (Lipinski definition) is 2. The fourth-order valence-corrected chi connectivity index (χ4v) is 2.22. The topological polar surface area (TPSA) is 71.7 Å². The maximum Gasteiger partial charge on any atom is 0.422 e. The van der Waals surface area contributed by atoms with Crippen LogP contribution in [0.1, 0.15) is 43.7 Å². The molecular weight excluding hydrogens is 500 g/mol. The van der Waals surface area contributed by atoms with Crippen molar-refractivity contribution in [1.82, 2.24) is 15.8 Å². The van der Waals surface area contributed by atoms with Crippen LogP contribution in [-0.2, 0) is 13.1 Å². The zero-order valence-corrected chi connectivity index (χ0v) is 18.9. The van der Waals surface area contributed by atoms with Crippen molar-refractivity contribution >= 4 is 29.9 Å². The van der Waals surface area contributed by atoms with E-state index in [0.717, 1.165) is 11.3 Å². The van der Waals surface area contributed by atoms with Crippen LogP contribution >= 0.6 is 24.0 Å². The number of alkyl halides is 3. The molecular formula is C19H26F3IN4O2. The van der Waals surface area contributed by atoms with Crippen molar-refractivity contribution < 1.29 is 22.4 Å². The van der Waals surface area contributed by atoms with E-state index in [0.29, 0.717) is 37.3 Å². The van der Waals surface area contributed by atoms with E-state index < -0.39 is 12.8 Å². The Morgan fingerprint density at radius 1 is 1.21 bits per heavy atom. The average molecular weight is 526 g/mol. The van der Waals surface area contributed by atoms with Crippen LogP contribution in [0.2, 0.25) is 0 Å². The van der Waals surface area contributed by atoms with Crippen molar-refractivity contribution in [2.24, 2.45) is 4.99 Å². The van der Waals surface area contributed by atoms with Gasteiger partial charge in [0, 0.05) is 12.6 Å². The van der Waals surface area contributed by atoms with Gasteiger partial charge in [-0.15, -0.1) is 24.0 Å². The Morgan fingerprint density at radius 3 is 2.45 bits per heavy atom. The first-order valence-electron chi connectivity index (χ1n) is 9.03. The molecule has 0 unspecified atom stereocenters. The molecule has 0 spiro atoms. The summed E-state index contributed by atoms with van der Waals surface area (Å²) in [6.45, 7) is 6.22. The molecule has 1 aromatic carbocycles. The Kier molecular flexibility index (Phi) is 10.3. The van der Waals surface area contributed by atoms with Gasteiger partial charge in [-0.2, -0.15) is 13.2 Å². The zero-order valence-electron chi connectivity index (χ0n) is 16.5. The predicted molar refractivity (Wildman–Crippen MR) is 116 cm³/mol. The Hall–Kier alpha value is -1.98. The summed E-state index contributed by atoms with van der Waals surface area (Å²) in [7, 11) is 0. The molecule has 0 fully saturated rings. The maximum absolute atomic E-state index is 12.2. The number of rotatable bonds is 8. The zero-order chi connectivity index (χ0) is 20.6. The number of nitrogens with zero attached hydrogens (tertiary/aromatic N) is 2. The SMILES string of the molecule is CCNC(=NCc1ccc(OCC(F)(F)F)cc1)NCc1cc(C(C)C)no1.I. The molecule has 29 heavy (non-hydrogen) atoms. The first kappa shape index (κ1) is 25.1.